The van der Waals surface area contributed by atoms with E-state index < -0.39 is 23.2 Å². The zero-order valence-electron chi connectivity index (χ0n) is 23.3. The Morgan fingerprint density at radius 2 is 1.74 bits per heavy atom. The molecule has 2 aliphatic heterocycles. The van der Waals surface area contributed by atoms with Gasteiger partial charge in [-0.2, -0.15) is 0 Å². The Morgan fingerprint density at radius 3 is 2.36 bits per heavy atom. The number of carbonyl (C=O) groups excluding carboxylic acids is 1. The van der Waals surface area contributed by atoms with Crippen molar-refractivity contribution in [2.24, 2.45) is 5.92 Å². The van der Waals surface area contributed by atoms with Crippen LogP contribution in [0.3, 0.4) is 0 Å². The molecule has 8 heteroatoms. The normalized spacial score (nSPS) is 23.6. The van der Waals surface area contributed by atoms with Gasteiger partial charge in [0.15, 0.2) is 5.76 Å². The third-order valence-electron chi connectivity index (χ3n) is 8.09. The van der Waals surface area contributed by atoms with E-state index in [1.165, 1.54) is 31.2 Å². The number of rotatable bonds is 6. The summed E-state index contributed by atoms with van der Waals surface area (Å²) in [4.78, 5) is 32.0. The Morgan fingerprint density at radius 1 is 1.08 bits per heavy atom. The summed E-state index contributed by atoms with van der Waals surface area (Å²) in [5.41, 5.74) is 5.86. The third kappa shape index (κ3) is 5.91. The Labute approximate surface area is 230 Å². The number of amides is 1. The maximum absolute atomic E-state index is 13.1. The summed E-state index contributed by atoms with van der Waals surface area (Å²) < 4.78 is 5.68. The van der Waals surface area contributed by atoms with Crippen LogP contribution in [0.15, 0.2) is 54.7 Å². The first-order chi connectivity index (χ1) is 18.5. The molecular formula is C31H39N3O5. The summed E-state index contributed by atoms with van der Waals surface area (Å²) in [6, 6.07) is 16.6. The summed E-state index contributed by atoms with van der Waals surface area (Å²) in [5.74, 6) is 0.406. The molecule has 2 aromatic rings. The Bertz CT molecular complexity index is 1230. The van der Waals surface area contributed by atoms with Crippen LogP contribution in [0.25, 0.3) is 5.76 Å². The molecule has 8 nitrogen and oxygen atoms in total. The van der Waals surface area contributed by atoms with Crippen molar-refractivity contribution in [2.75, 3.05) is 11.6 Å². The van der Waals surface area contributed by atoms with Gasteiger partial charge in [-0.05, 0) is 82.1 Å². The summed E-state index contributed by atoms with van der Waals surface area (Å²) in [5, 5.41) is 11.2. The van der Waals surface area contributed by atoms with Crippen LogP contribution in [0, 0.1) is 5.92 Å². The number of aliphatic carboxylic acids is 1. The molecule has 39 heavy (non-hydrogen) atoms. The zero-order valence-corrected chi connectivity index (χ0v) is 23.3. The average Bonchev–Trinajstić information content (AvgIpc) is 3.64. The predicted octanol–water partition coefficient (Wildman–Crippen LogP) is 6.55. The topological polar surface area (TPSA) is 91.3 Å². The van der Waals surface area contributed by atoms with E-state index in [0.29, 0.717) is 18.9 Å². The molecule has 1 amide bonds. The highest BCUT2D eigenvalue weighted by molar-refractivity contribution is 5.72. The molecule has 2 atom stereocenters. The fourth-order valence-corrected chi connectivity index (χ4v) is 6.14. The molecule has 0 radical (unpaired) electrons. The van der Waals surface area contributed by atoms with Crippen LogP contribution >= 0.6 is 0 Å². The van der Waals surface area contributed by atoms with E-state index in [4.69, 9.17) is 9.57 Å². The van der Waals surface area contributed by atoms with E-state index >= 15 is 0 Å². The minimum atomic E-state index is -0.861. The van der Waals surface area contributed by atoms with Gasteiger partial charge in [-0.25, -0.2) is 9.80 Å². The van der Waals surface area contributed by atoms with Crippen molar-refractivity contribution in [1.82, 2.24) is 10.5 Å². The van der Waals surface area contributed by atoms with Crippen molar-refractivity contribution >= 4 is 23.5 Å². The first-order valence-electron chi connectivity index (χ1n) is 13.9. The summed E-state index contributed by atoms with van der Waals surface area (Å²) in [6.45, 7) is 7.82. The number of carboxylic acids is 1. The number of carbonyl (C=O) groups is 2. The van der Waals surface area contributed by atoms with E-state index in [9.17, 15) is 14.7 Å². The minimum Gasteiger partial charge on any atom is -0.481 e. The van der Waals surface area contributed by atoms with Gasteiger partial charge in [-0.1, -0.05) is 54.8 Å². The van der Waals surface area contributed by atoms with Gasteiger partial charge in [-0.15, -0.1) is 0 Å². The van der Waals surface area contributed by atoms with Gasteiger partial charge in [0.1, 0.15) is 5.60 Å². The largest absolute Gasteiger partial charge is 0.481 e. The van der Waals surface area contributed by atoms with E-state index in [2.05, 4.69) is 29.9 Å². The molecule has 1 aliphatic carbocycles. The number of likely N-dealkylation sites (tertiary alicyclic amines) is 1. The second-order valence-electron chi connectivity index (χ2n) is 12.2. The Balaban J connectivity index is 1.32. The fraction of sp³-hybridized carbons (Fsp3) is 0.484. The number of nitrogens with one attached hydrogen (secondary N) is 1. The van der Waals surface area contributed by atoms with Crippen molar-refractivity contribution in [3.8, 4) is 0 Å². The maximum Gasteiger partial charge on any atom is 0.411 e. The highest BCUT2D eigenvalue weighted by atomic mass is 16.7. The minimum absolute atomic E-state index is 0.0111. The molecule has 2 fully saturated rings. The molecule has 2 N–H and O–H groups in total. The van der Waals surface area contributed by atoms with Crippen molar-refractivity contribution in [3.63, 3.8) is 0 Å². The lowest BCUT2D eigenvalue weighted by molar-refractivity contribution is -0.138. The lowest BCUT2D eigenvalue weighted by Gasteiger charge is -2.37. The van der Waals surface area contributed by atoms with Gasteiger partial charge in [0.2, 0.25) is 0 Å². The molecular weight excluding hydrogens is 494 g/mol. The predicted molar refractivity (Wildman–Crippen MR) is 149 cm³/mol. The van der Waals surface area contributed by atoms with Crippen molar-refractivity contribution in [3.05, 3.63) is 71.4 Å². The van der Waals surface area contributed by atoms with Gasteiger partial charge in [0.05, 0.1) is 17.4 Å². The standard InChI is InChI=1S/C31H39N3O5/c1-30(2,3)38-29(37)33-19-21(17-28(35)36)18-31(33,4)25-13-15-26(16-14-25)34-20-27(39-32-34)24-11-9-23(10-12-24)22-7-5-6-8-22/h9-16,20-22,32H,5-8,17-19H2,1-4H3,(H,35,36). The van der Waals surface area contributed by atoms with Crippen LogP contribution in [-0.4, -0.2) is 34.2 Å². The van der Waals surface area contributed by atoms with Crippen LogP contribution in [0.1, 0.15) is 88.8 Å². The summed E-state index contributed by atoms with van der Waals surface area (Å²) in [6.07, 6.45) is 7.24. The van der Waals surface area contributed by atoms with Crippen LogP contribution in [0.2, 0.25) is 0 Å². The smallest absolute Gasteiger partial charge is 0.411 e. The van der Waals surface area contributed by atoms with Crippen molar-refractivity contribution < 1.29 is 24.3 Å². The molecule has 208 valence electrons. The maximum atomic E-state index is 13.1. The zero-order chi connectivity index (χ0) is 27.8. The molecule has 2 aromatic carbocycles. The number of benzene rings is 2. The second-order valence-corrected chi connectivity index (χ2v) is 12.2. The quantitative estimate of drug-likeness (QED) is 0.435. The fourth-order valence-electron chi connectivity index (χ4n) is 6.14. The van der Waals surface area contributed by atoms with Crippen LogP contribution in [0.4, 0.5) is 10.5 Å². The molecule has 1 saturated heterocycles. The van der Waals surface area contributed by atoms with E-state index in [1.54, 1.807) is 4.90 Å². The number of nitrogens with zero attached hydrogens (tertiary/aromatic N) is 2. The molecule has 0 spiro atoms. The van der Waals surface area contributed by atoms with Crippen LogP contribution < -0.4 is 10.6 Å². The van der Waals surface area contributed by atoms with Gasteiger partial charge in [0, 0.05) is 18.5 Å². The van der Waals surface area contributed by atoms with Gasteiger partial charge in [0.25, 0.3) is 0 Å². The van der Waals surface area contributed by atoms with E-state index in [-0.39, 0.29) is 12.3 Å². The van der Waals surface area contributed by atoms with Crippen LogP contribution in [-0.2, 0) is 19.9 Å². The van der Waals surface area contributed by atoms with Gasteiger partial charge < -0.3 is 14.7 Å². The SMILES string of the molecule is CC(C)(C)OC(=O)N1CC(CC(=O)O)CC1(C)c1ccc(N2C=C(c3ccc(C4CCCC4)cc3)ON2)cc1. The summed E-state index contributed by atoms with van der Waals surface area (Å²) in [7, 11) is 0. The number of hydrazine groups is 1. The van der Waals surface area contributed by atoms with E-state index in [1.807, 2.05) is 63.2 Å². The number of hydrogen-bond acceptors (Lipinski definition) is 6. The first-order valence-corrected chi connectivity index (χ1v) is 13.9. The average molecular weight is 534 g/mol. The highest BCUT2D eigenvalue weighted by Gasteiger charge is 2.47. The lowest BCUT2D eigenvalue weighted by Crippen LogP contribution is -2.45. The Hall–Kier alpha value is -3.52. The second kappa shape index (κ2) is 10.6. The number of hydrogen-bond donors (Lipinski definition) is 2. The molecule has 0 aromatic heterocycles. The van der Waals surface area contributed by atoms with Gasteiger partial charge >= 0.3 is 12.1 Å². The number of carboxylic acid groups (broad SMARTS) is 1. The van der Waals surface area contributed by atoms with Crippen LogP contribution in [0.5, 0.6) is 0 Å². The van der Waals surface area contributed by atoms with Crippen molar-refractivity contribution in [1.29, 1.82) is 0 Å². The lowest BCUT2D eigenvalue weighted by atomic mass is 9.86. The number of ether oxygens (including phenoxy) is 1. The van der Waals surface area contributed by atoms with Crippen molar-refractivity contribution in [2.45, 2.75) is 83.3 Å². The molecule has 2 heterocycles. The third-order valence-corrected chi connectivity index (χ3v) is 8.09. The molecule has 0 bridgehead atoms. The molecule has 2 unspecified atom stereocenters. The monoisotopic (exact) mass is 533 g/mol. The molecule has 3 aliphatic rings. The number of anilines is 1. The van der Waals surface area contributed by atoms with E-state index in [0.717, 1.165) is 22.6 Å². The first kappa shape index (κ1) is 27.1. The highest BCUT2D eigenvalue weighted by Crippen LogP contribution is 2.44. The van der Waals surface area contributed by atoms with Gasteiger partial charge in [-0.3, -0.25) is 9.69 Å². The molecule has 1 saturated carbocycles. The Kier molecular flexibility index (Phi) is 7.33. The molecule has 5 rings (SSSR count). The summed E-state index contributed by atoms with van der Waals surface area (Å²) >= 11 is 0.